The standard InChI is InChI=1S/C20H20O5/c1-3-7-15-10-12-17(13-11-15)19(22)25-20(23)18(24-14(2)21)16-8-5-4-6-9-16/h4-6,8-13,18H,3,7H2,1-2H3. The van der Waals surface area contributed by atoms with Gasteiger partial charge in [-0.25, -0.2) is 9.59 Å². The number of hydrogen-bond acceptors (Lipinski definition) is 5. The van der Waals surface area contributed by atoms with Crippen LogP contribution < -0.4 is 0 Å². The summed E-state index contributed by atoms with van der Waals surface area (Å²) in [5, 5.41) is 0. The smallest absolute Gasteiger partial charge is 0.360 e. The van der Waals surface area contributed by atoms with Gasteiger partial charge in [-0.05, 0) is 24.1 Å². The number of aryl methyl sites for hydroxylation is 1. The molecule has 0 saturated heterocycles. The van der Waals surface area contributed by atoms with E-state index in [0.29, 0.717) is 5.56 Å². The second-order valence-corrected chi connectivity index (χ2v) is 5.56. The first-order chi connectivity index (χ1) is 12.0. The van der Waals surface area contributed by atoms with Crippen LogP contribution in [0.15, 0.2) is 54.6 Å². The highest BCUT2D eigenvalue weighted by Gasteiger charge is 2.28. The third-order valence-electron chi connectivity index (χ3n) is 3.52. The molecule has 0 aliphatic heterocycles. The lowest BCUT2D eigenvalue weighted by molar-refractivity contribution is -0.163. The van der Waals surface area contributed by atoms with E-state index in [0.717, 1.165) is 18.4 Å². The summed E-state index contributed by atoms with van der Waals surface area (Å²) in [5.41, 5.74) is 1.81. The number of benzene rings is 2. The van der Waals surface area contributed by atoms with Crippen molar-refractivity contribution >= 4 is 17.9 Å². The van der Waals surface area contributed by atoms with Crippen LogP contribution in [0, 0.1) is 0 Å². The van der Waals surface area contributed by atoms with Gasteiger partial charge in [0.25, 0.3) is 0 Å². The lowest BCUT2D eigenvalue weighted by Gasteiger charge is -2.15. The van der Waals surface area contributed by atoms with Gasteiger partial charge in [-0.3, -0.25) is 4.79 Å². The number of ether oxygens (including phenoxy) is 2. The lowest BCUT2D eigenvalue weighted by Crippen LogP contribution is -2.23. The fourth-order valence-electron chi connectivity index (χ4n) is 2.35. The quantitative estimate of drug-likeness (QED) is 0.593. The van der Waals surface area contributed by atoms with E-state index >= 15 is 0 Å². The molecule has 1 unspecified atom stereocenters. The zero-order valence-corrected chi connectivity index (χ0v) is 14.2. The normalized spacial score (nSPS) is 11.4. The molecule has 0 heterocycles. The number of rotatable bonds is 6. The van der Waals surface area contributed by atoms with Crippen LogP contribution in [0.4, 0.5) is 0 Å². The summed E-state index contributed by atoms with van der Waals surface area (Å²) in [6.45, 7) is 3.26. The molecule has 5 nitrogen and oxygen atoms in total. The summed E-state index contributed by atoms with van der Waals surface area (Å²) in [5.74, 6) is -2.34. The Kier molecular flexibility index (Phi) is 6.46. The van der Waals surface area contributed by atoms with Crippen LogP contribution in [0.1, 0.15) is 47.9 Å². The van der Waals surface area contributed by atoms with E-state index in [4.69, 9.17) is 9.47 Å². The van der Waals surface area contributed by atoms with Gasteiger partial charge in [-0.2, -0.15) is 0 Å². The minimum Gasteiger partial charge on any atom is -0.446 e. The van der Waals surface area contributed by atoms with Crippen molar-refractivity contribution in [2.24, 2.45) is 0 Å². The predicted molar refractivity (Wildman–Crippen MR) is 91.8 cm³/mol. The molecule has 2 rings (SSSR count). The van der Waals surface area contributed by atoms with E-state index in [2.05, 4.69) is 6.92 Å². The Balaban J connectivity index is 2.11. The first-order valence-corrected chi connectivity index (χ1v) is 8.08. The topological polar surface area (TPSA) is 69.7 Å². The molecular weight excluding hydrogens is 320 g/mol. The number of hydrogen-bond donors (Lipinski definition) is 0. The van der Waals surface area contributed by atoms with E-state index in [-0.39, 0.29) is 5.56 Å². The van der Waals surface area contributed by atoms with Crippen LogP contribution in [-0.2, 0) is 25.5 Å². The molecule has 0 amide bonds. The maximum Gasteiger partial charge on any atom is 0.360 e. The molecule has 0 saturated carbocycles. The summed E-state index contributed by atoms with van der Waals surface area (Å²) in [4.78, 5) is 35.7. The Hall–Kier alpha value is -2.95. The zero-order valence-electron chi connectivity index (χ0n) is 14.2. The molecule has 0 N–H and O–H groups in total. The van der Waals surface area contributed by atoms with E-state index in [1.54, 1.807) is 42.5 Å². The minimum atomic E-state index is -1.28. The molecule has 2 aromatic rings. The number of carbonyl (C=O) groups is 3. The largest absolute Gasteiger partial charge is 0.446 e. The molecule has 5 heteroatoms. The van der Waals surface area contributed by atoms with Crippen LogP contribution in [0.25, 0.3) is 0 Å². The van der Waals surface area contributed by atoms with Crippen LogP contribution >= 0.6 is 0 Å². The second-order valence-electron chi connectivity index (χ2n) is 5.56. The molecule has 0 aliphatic rings. The van der Waals surface area contributed by atoms with Gasteiger partial charge in [0.15, 0.2) is 0 Å². The van der Waals surface area contributed by atoms with Gasteiger partial charge >= 0.3 is 17.9 Å². The maximum atomic E-state index is 12.3. The third-order valence-corrected chi connectivity index (χ3v) is 3.52. The van der Waals surface area contributed by atoms with Gasteiger partial charge in [0.1, 0.15) is 0 Å². The molecule has 0 spiro atoms. The average Bonchev–Trinajstić information content (AvgIpc) is 2.61. The molecule has 1 atom stereocenters. The second kappa shape index (κ2) is 8.78. The van der Waals surface area contributed by atoms with Gasteiger partial charge in [0.05, 0.1) is 5.56 Å². The fourth-order valence-corrected chi connectivity index (χ4v) is 2.35. The fraction of sp³-hybridized carbons (Fsp3) is 0.250. The SMILES string of the molecule is CCCc1ccc(C(=O)OC(=O)C(OC(C)=O)c2ccccc2)cc1. The maximum absolute atomic E-state index is 12.3. The summed E-state index contributed by atoms with van der Waals surface area (Å²) >= 11 is 0. The Morgan fingerprint density at radius 1 is 0.960 bits per heavy atom. The molecule has 0 radical (unpaired) electrons. The first kappa shape index (κ1) is 18.4. The van der Waals surface area contributed by atoms with Crippen LogP contribution in [0.2, 0.25) is 0 Å². The van der Waals surface area contributed by atoms with Crippen molar-refractivity contribution in [1.82, 2.24) is 0 Å². The van der Waals surface area contributed by atoms with Crippen LogP contribution in [0.3, 0.4) is 0 Å². The highest BCUT2D eigenvalue weighted by molar-refractivity contribution is 5.98. The summed E-state index contributed by atoms with van der Waals surface area (Å²) in [6.07, 6.45) is 0.641. The van der Waals surface area contributed by atoms with E-state index in [9.17, 15) is 14.4 Å². The highest BCUT2D eigenvalue weighted by atomic mass is 16.6. The van der Waals surface area contributed by atoms with Gasteiger partial charge in [-0.1, -0.05) is 55.8 Å². The van der Waals surface area contributed by atoms with Crippen molar-refractivity contribution in [2.45, 2.75) is 32.8 Å². The van der Waals surface area contributed by atoms with Crippen molar-refractivity contribution in [3.05, 3.63) is 71.3 Å². The molecule has 130 valence electrons. The van der Waals surface area contributed by atoms with Gasteiger partial charge in [-0.15, -0.1) is 0 Å². The van der Waals surface area contributed by atoms with Crippen molar-refractivity contribution in [1.29, 1.82) is 0 Å². The van der Waals surface area contributed by atoms with Gasteiger partial charge in [0.2, 0.25) is 6.10 Å². The molecule has 0 bridgehead atoms. The van der Waals surface area contributed by atoms with Crippen molar-refractivity contribution in [2.75, 3.05) is 0 Å². The molecule has 0 aromatic heterocycles. The molecule has 0 fully saturated rings. The van der Waals surface area contributed by atoms with Crippen molar-refractivity contribution < 1.29 is 23.9 Å². The Labute approximate surface area is 146 Å². The number of carbonyl (C=O) groups excluding carboxylic acids is 3. The summed E-state index contributed by atoms with van der Waals surface area (Å²) in [6, 6.07) is 15.3. The number of esters is 3. The predicted octanol–water partition coefficient (Wildman–Crippen LogP) is 3.63. The van der Waals surface area contributed by atoms with E-state index in [1.165, 1.54) is 6.92 Å². The molecule has 0 aliphatic carbocycles. The van der Waals surface area contributed by atoms with Gasteiger partial charge < -0.3 is 9.47 Å². The van der Waals surface area contributed by atoms with Crippen molar-refractivity contribution in [3.63, 3.8) is 0 Å². The molecule has 2 aromatic carbocycles. The average molecular weight is 340 g/mol. The molecule has 25 heavy (non-hydrogen) atoms. The Bertz CT molecular complexity index is 734. The monoisotopic (exact) mass is 340 g/mol. The first-order valence-electron chi connectivity index (χ1n) is 8.08. The third kappa shape index (κ3) is 5.28. The van der Waals surface area contributed by atoms with Crippen LogP contribution in [-0.4, -0.2) is 17.9 Å². The zero-order chi connectivity index (χ0) is 18.2. The van der Waals surface area contributed by atoms with E-state index < -0.39 is 24.0 Å². The molecular formula is C20H20O5. The Morgan fingerprint density at radius 3 is 2.16 bits per heavy atom. The highest BCUT2D eigenvalue weighted by Crippen LogP contribution is 2.20. The van der Waals surface area contributed by atoms with Gasteiger partial charge in [0, 0.05) is 12.5 Å². The minimum absolute atomic E-state index is 0.267. The Morgan fingerprint density at radius 2 is 1.60 bits per heavy atom. The van der Waals surface area contributed by atoms with E-state index in [1.807, 2.05) is 12.1 Å². The van der Waals surface area contributed by atoms with Crippen LogP contribution in [0.5, 0.6) is 0 Å². The summed E-state index contributed by atoms with van der Waals surface area (Å²) < 4.78 is 9.92. The summed E-state index contributed by atoms with van der Waals surface area (Å²) in [7, 11) is 0. The lowest BCUT2D eigenvalue weighted by atomic mass is 10.1. The van der Waals surface area contributed by atoms with Crippen molar-refractivity contribution in [3.8, 4) is 0 Å².